The van der Waals surface area contributed by atoms with Crippen LogP contribution in [0.1, 0.15) is 17.5 Å². The van der Waals surface area contributed by atoms with Crippen molar-refractivity contribution in [1.82, 2.24) is 4.90 Å². The zero-order valence-electron chi connectivity index (χ0n) is 11.7. The molecule has 0 N–H and O–H groups in total. The first-order valence-electron chi connectivity index (χ1n) is 6.59. The first kappa shape index (κ1) is 14.8. The topological polar surface area (TPSA) is 54.5 Å². The maximum atomic E-state index is 12.0. The van der Waals surface area contributed by atoms with Gasteiger partial charge in [-0.25, -0.2) is 8.42 Å². The zero-order chi connectivity index (χ0) is 14.8. The molecule has 1 fully saturated rings. The van der Waals surface area contributed by atoms with Crippen LogP contribution in [0.15, 0.2) is 30.3 Å². The predicted molar refractivity (Wildman–Crippen MR) is 80.0 cm³/mol. The molecule has 0 aromatic heterocycles. The van der Waals surface area contributed by atoms with E-state index in [0.717, 1.165) is 11.1 Å². The number of hydrogen-bond donors (Lipinski definition) is 0. The molecule has 1 aliphatic rings. The molecule has 108 valence electrons. The highest BCUT2D eigenvalue weighted by Crippen LogP contribution is 2.17. The molecular weight excluding hydrogens is 274 g/mol. The Morgan fingerprint density at radius 2 is 2.15 bits per heavy atom. The summed E-state index contributed by atoms with van der Waals surface area (Å²) >= 11 is 0. The van der Waals surface area contributed by atoms with Crippen molar-refractivity contribution in [1.29, 1.82) is 0 Å². The highest BCUT2D eigenvalue weighted by atomic mass is 32.2. The molecular formula is C15H19NO3S. The summed E-state index contributed by atoms with van der Waals surface area (Å²) in [5.74, 6) is 0.0957. The van der Waals surface area contributed by atoms with Crippen LogP contribution in [0.3, 0.4) is 0 Å². The van der Waals surface area contributed by atoms with Crippen LogP contribution in [0.5, 0.6) is 0 Å². The lowest BCUT2D eigenvalue weighted by atomic mass is 10.1. The molecule has 1 amide bonds. The number of rotatable bonds is 3. The summed E-state index contributed by atoms with van der Waals surface area (Å²) in [4.78, 5) is 13.6. The molecule has 0 bridgehead atoms. The van der Waals surface area contributed by atoms with Crippen molar-refractivity contribution in [2.24, 2.45) is 0 Å². The molecule has 20 heavy (non-hydrogen) atoms. The van der Waals surface area contributed by atoms with Crippen LogP contribution in [-0.4, -0.2) is 43.8 Å². The van der Waals surface area contributed by atoms with Crippen LogP contribution in [0.25, 0.3) is 6.08 Å². The lowest BCUT2D eigenvalue weighted by molar-refractivity contribution is -0.126. The third-order valence-corrected chi connectivity index (χ3v) is 5.31. The van der Waals surface area contributed by atoms with Gasteiger partial charge in [0.05, 0.1) is 11.5 Å². The van der Waals surface area contributed by atoms with E-state index in [1.165, 1.54) is 11.0 Å². The van der Waals surface area contributed by atoms with Gasteiger partial charge >= 0.3 is 0 Å². The summed E-state index contributed by atoms with van der Waals surface area (Å²) < 4.78 is 22.9. The van der Waals surface area contributed by atoms with E-state index < -0.39 is 9.84 Å². The van der Waals surface area contributed by atoms with Gasteiger partial charge in [-0.3, -0.25) is 4.79 Å². The van der Waals surface area contributed by atoms with Crippen LogP contribution in [0.4, 0.5) is 0 Å². The first-order valence-corrected chi connectivity index (χ1v) is 8.41. The van der Waals surface area contributed by atoms with Gasteiger partial charge in [0, 0.05) is 19.2 Å². The van der Waals surface area contributed by atoms with Crippen LogP contribution in [-0.2, 0) is 14.6 Å². The largest absolute Gasteiger partial charge is 0.338 e. The Morgan fingerprint density at radius 1 is 1.40 bits per heavy atom. The zero-order valence-corrected chi connectivity index (χ0v) is 12.6. The van der Waals surface area contributed by atoms with Gasteiger partial charge in [-0.2, -0.15) is 0 Å². The second-order valence-corrected chi connectivity index (χ2v) is 7.48. The fourth-order valence-corrected chi connectivity index (χ4v) is 4.09. The molecule has 1 atom stereocenters. The van der Waals surface area contributed by atoms with E-state index in [4.69, 9.17) is 0 Å². The maximum absolute atomic E-state index is 12.0. The van der Waals surface area contributed by atoms with E-state index >= 15 is 0 Å². The van der Waals surface area contributed by atoms with Gasteiger partial charge in [0.25, 0.3) is 0 Å². The van der Waals surface area contributed by atoms with E-state index in [-0.39, 0.29) is 23.5 Å². The van der Waals surface area contributed by atoms with Crippen LogP contribution in [0.2, 0.25) is 0 Å². The van der Waals surface area contributed by atoms with Gasteiger partial charge in [-0.05, 0) is 25.0 Å². The highest BCUT2D eigenvalue weighted by molar-refractivity contribution is 7.91. The summed E-state index contributed by atoms with van der Waals surface area (Å²) in [6, 6.07) is 7.65. The van der Waals surface area contributed by atoms with Crippen molar-refractivity contribution < 1.29 is 13.2 Å². The molecule has 2 rings (SSSR count). The number of likely N-dealkylation sites (N-methyl/N-ethyl adjacent to an activating group) is 1. The highest BCUT2D eigenvalue weighted by Gasteiger charge is 2.31. The number of aryl methyl sites for hydroxylation is 1. The maximum Gasteiger partial charge on any atom is 0.246 e. The molecule has 1 heterocycles. The Balaban J connectivity index is 2.01. The number of carbonyl (C=O) groups is 1. The van der Waals surface area contributed by atoms with Crippen molar-refractivity contribution in [2.75, 3.05) is 18.6 Å². The van der Waals surface area contributed by atoms with E-state index in [1.807, 2.05) is 31.2 Å². The molecule has 1 unspecified atom stereocenters. The van der Waals surface area contributed by atoms with Crippen LogP contribution < -0.4 is 0 Å². The van der Waals surface area contributed by atoms with Crippen molar-refractivity contribution in [2.45, 2.75) is 19.4 Å². The smallest absolute Gasteiger partial charge is 0.246 e. The van der Waals surface area contributed by atoms with E-state index in [1.54, 1.807) is 13.1 Å². The normalized spacial score (nSPS) is 21.2. The van der Waals surface area contributed by atoms with Crippen molar-refractivity contribution >= 4 is 21.8 Å². The summed E-state index contributed by atoms with van der Waals surface area (Å²) in [5, 5.41) is 0. The van der Waals surface area contributed by atoms with Crippen LogP contribution >= 0.6 is 0 Å². The SMILES string of the molecule is Cc1cccc(/C=C/C(=O)N(C)C2CCS(=O)(=O)C2)c1. The minimum Gasteiger partial charge on any atom is -0.338 e. The summed E-state index contributed by atoms with van der Waals surface area (Å²) in [5.41, 5.74) is 2.10. The van der Waals surface area contributed by atoms with E-state index in [9.17, 15) is 13.2 Å². The second kappa shape index (κ2) is 5.79. The second-order valence-electron chi connectivity index (χ2n) is 5.25. The number of amides is 1. The minimum absolute atomic E-state index is 0.0769. The molecule has 1 aromatic carbocycles. The third kappa shape index (κ3) is 3.70. The summed E-state index contributed by atoms with van der Waals surface area (Å²) in [7, 11) is -1.30. The Kier molecular flexibility index (Phi) is 4.28. The Morgan fingerprint density at radius 3 is 2.75 bits per heavy atom. The number of nitrogens with zero attached hydrogens (tertiary/aromatic N) is 1. The molecule has 0 aliphatic carbocycles. The molecule has 5 heteroatoms. The molecule has 0 saturated carbocycles. The van der Waals surface area contributed by atoms with Gasteiger partial charge < -0.3 is 4.90 Å². The van der Waals surface area contributed by atoms with E-state index in [2.05, 4.69) is 0 Å². The molecule has 0 spiro atoms. The first-order chi connectivity index (χ1) is 9.37. The van der Waals surface area contributed by atoms with Crippen LogP contribution in [0, 0.1) is 6.92 Å². The monoisotopic (exact) mass is 293 g/mol. The summed E-state index contributed by atoms with van der Waals surface area (Å²) in [6.07, 6.45) is 3.79. The number of carbonyl (C=O) groups excluding carboxylic acids is 1. The molecule has 1 saturated heterocycles. The lowest BCUT2D eigenvalue weighted by Crippen LogP contribution is -2.36. The number of sulfone groups is 1. The predicted octanol–water partition coefficient (Wildman–Crippen LogP) is 1.65. The van der Waals surface area contributed by atoms with Gasteiger partial charge in [0.2, 0.25) is 5.91 Å². The van der Waals surface area contributed by atoms with E-state index in [0.29, 0.717) is 6.42 Å². The van der Waals surface area contributed by atoms with Crippen molar-refractivity contribution in [3.63, 3.8) is 0 Å². The standard InChI is InChI=1S/C15H19NO3S/c1-12-4-3-5-13(10-12)6-7-15(17)16(2)14-8-9-20(18,19)11-14/h3-7,10,14H,8-9,11H2,1-2H3/b7-6+. The Bertz CT molecular complexity index is 634. The van der Waals surface area contributed by atoms with Gasteiger partial charge in [0.15, 0.2) is 9.84 Å². The van der Waals surface area contributed by atoms with Gasteiger partial charge in [-0.1, -0.05) is 29.8 Å². The fourth-order valence-electron chi connectivity index (χ4n) is 2.32. The minimum atomic E-state index is -2.96. The third-order valence-electron chi connectivity index (χ3n) is 3.56. The van der Waals surface area contributed by atoms with Crippen molar-refractivity contribution in [3.8, 4) is 0 Å². The van der Waals surface area contributed by atoms with Gasteiger partial charge in [0.1, 0.15) is 0 Å². The lowest BCUT2D eigenvalue weighted by Gasteiger charge is -2.21. The number of hydrogen-bond acceptors (Lipinski definition) is 3. The number of benzene rings is 1. The Labute approximate surface area is 120 Å². The molecule has 4 nitrogen and oxygen atoms in total. The average molecular weight is 293 g/mol. The van der Waals surface area contributed by atoms with Gasteiger partial charge in [-0.15, -0.1) is 0 Å². The molecule has 0 radical (unpaired) electrons. The quantitative estimate of drug-likeness (QED) is 0.796. The fraction of sp³-hybridized carbons (Fsp3) is 0.400. The molecule has 1 aromatic rings. The summed E-state index contributed by atoms with van der Waals surface area (Å²) in [6.45, 7) is 1.99. The average Bonchev–Trinajstić information content (AvgIpc) is 2.75. The molecule has 1 aliphatic heterocycles. The van der Waals surface area contributed by atoms with Crippen molar-refractivity contribution in [3.05, 3.63) is 41.5 Å². The Hall–Kier alpha value is -1.62.